The molecule has 3 aliphatic rings. The van der Waals surface area contributed by atoms with Gasteiger partial charge in [-0.3, -0.25) is 14.4 Å². The first-order valence-corrected chi connectivity index (χ1v) is 15.1. The highest BCUT2D eigenvalue weighted by Gasteiger charge is 2.75. The topological polar surface area (TPSA) is 87.2 Å². The summed E-state index contributed by atoms with van der Waals surface area (Å²) >= 11 is 1.62. The standard InChI is InChI=1S/C31H42N2O5S/c1-5-8-12-19-38-30(37)25-24-16-17-31(39-24)26(25)28(35)33(23(20-34)22-14-10-9-11-15-22)27(31)29(36)32(18-7-3)21(4)13-6-2/h5,7,9-11,14-15,21,23-27,34H,1,3,6,8,12-13,16-20H2,2,4H3/t21?,23-,24+,25-,26+,27?,31?/m1/s1. The maximum absolute atomic E-state index is 14.6. The summed E-state index contributed by atoms with van der Waals surface area (Å²) in [5.41, 5.74) is 0.766. The number of benzene rings is 1. The normalized spacial score (nSPS) is 28.6. The molecule has 4 rings (SSSR count). The molecule has 3 unspecified atom stereocenters. The molecule has 39 heavy (non-hydrogen) atoms. The minimum Gasteiger partial charge on any atom is -0.465 e. The first kappa shape index (κ1) is 29.4. The number of unbranched alkanes of at least 4 members (excludes halogenated alkanes) is 1. The molecule has 1 spiro atoms. The molecule has 3 saturated heterocycles. The summed E-state index contributed by atoms with van der Waals surface area (Å²) in [6.07, 6.45) is 8.11. The van der Waals surface area contributed by atoms with E-state index in [1.165, 1.54) is 0 Å². The van der Waals surface area contributed by atoms with Crippen molar-refractivity contribution in [1.29, 1.82) is 0 Å². The molecule has 3 heterocycles. The van der Waals surface area contributed by atoms with Gasteiger partial charge in [0.2, 0.25) is 11.8 Å². The monoisotopic (exact) mass is 554 g/mol. The van der Waals surface area contributed by atoms with Crippen molar-refractivity contribution < 1.29 is 24.2 Å². The highest BCUT2D eigenvalue weighted by atomic mass is 32.2. The lowest BCUT2D eigenvalue weighted by Crippen LogP contribution is -2.57. The van der Waals surface area contributed by atoms with Gasteiger partial charge in [0.1, 0.15) is 6.04 Å². The van der Waals surface area contributed by atoms with Crippen molar-refractivity contribution in [3.8, 4) is 0 Å². The predicted molar refractivity (Wildman–Crippen MR) is 154 cm³/mol. The molecule has 7 atom stereocenters. The summed E-state index contributed by atoms with van der Waals surface area (Å²) in [5, 5.41) is 10.6. The Morgan fingerprint density at radius 1 is 1.28 bits per heavy atom. The predicted octanol–water partition coefficient (Wildman–Crippen LogP) is 4.52. The Hall–Kier alpha value is -2.58. The molecular weight excluding hydrogens is 512 g/mol. The number of carbonyl (C=O) groups is 3. The van der Waals surface area contributed by atoms with Gasteiger partial charge in [0.15, 0.2) is 0 Å². The molecule has 212 valence electrons. The second kappa shape index (κ2) is 12.7. The summed E-state index contributed by atoms with van der Waals surface area (Å²) in [6.45, 7) is 12.1. The van der Waals surface area contributed by atoms with Crippen LogP contribution in [0.3, 0.4) is 0 Å². The fourth-order valence-corrected chi connectivity index (χ4v) is 9.04. The number of ether oxygens (including phenoxy) is 1. The third-order valence-corrected chi connectivity index (χ3v) is 10.5. The number of fused-ring (bicyclic) bond motifs is 1. The third kappa shape index (κ3) is 5.30. The van der Waals surface area contributed by atoms with Gasteiger partial charge in [-0.05, 0) is 44.6 Å². The van der Waals surface area contributed by atoms with Crippen LogP contribution in [-0.4, -0.2) is 74.5 Å². The number of amides is 2. The molecule has 0 aliphatic carbocycles. The lowest BCUT2D eigenvalue weighted by molar-refractivity contribution is -0.154. The molecule has 7 nitrogen and oxygen atoms in total. The van der Waals surface area contributed by atoms with E-state index in [9.17, 15) is 19.5 Å². The molecule has 0 aromatic heterocycles. The van der Waals surface area contributed by atoms with Crippen LogP contribution in [0.2, 0.25) is 0 Å². The van der Waals surface area contributed by atoms with Gasteiger partial charge in [-0.1, -0.05) is 55.8 Å². The maximum Gasteiger partial charge on any atom is 0.310 e. The van der Waals surface area contributed by atoms with Gasteiger partial charge < -0.3 is 19.6 Å². The smallest absolute Gasteiger partial charge is 0.310 e. The molecule has 3 fully saturated rings. The first-order chi connectivity index (χ1) is 18.9. The molecule has 0 radical (unpaired) electrons. The fraction of sp³-hybridized carbons (Fsp3) is 0.581. The fourth-order valence-electron chi connectivity index (χ4n) is 6.86. The third-order valence-electron chi connectivity index (χ3n) is 8.58. The van der Waals surface area contributed by atoms with E-state index in [1.807, 2.05) is 42.2 Å². The number of likely N-dealkylation sites (tertiary alicyclic amines) is 1. The number of aliphatic hydroxyl groups excluding tert-OH is 1. The average molecular weight is 555 g/mol. The zero-order valence-electron chi connectivity index (χ0n) is 23.2. The second-order valence-corrected chi connectivity index (χ2v) is 12.5. The van der Waals surface area contributed by atoms with E-state index >= 15 is 0 Å². The van der Waals surface area contributed by atoms with Gasteiger partial charge in [-0.2, -0.15) is 0 Å². The molecule has 1 N–H and O–H groups in total. The Balaban J connectivity index is 1.76. The number of esters is 1. The van der Waals surface area contributed by atoms with E-state index in [0.29, 0.717) is 19.4 Å². The largest absolute Gasteiger partial charge is 0.465 e. The zero-order valence-corrected chi connectivity index (χ0v) is 24.0. The molecule has 3 aliphatic heterocycles. The number of hydrogen-bond acceptors (Lipinski definition) is 6. The van der Waals surface area contributed by atoms with Crippen LogP contribution in [0, 0.1) is 11.8 Å². The van der Waals surface area contributed by atoms with Crippen LogP contribution in [0.4, 0.5) is 0 Å². The number of aliphatic hydroxyl groups is 1. The Kier molecular flexibility index (Phi) is 9.60. The summed E-state index contributed by atoms with van der Waals surface area (Å²) in [5.74, 6) is -1.98. The molecular formula is C31H42N2O5S. The maximum atomic E-state index is 14.6. The minimum absolute atomic E-state index is 0.0357. The van der Waals surface area contributed by atoms with Crippen molar-refractivity contribution in [2.24, 2.45) is 11.8 Å². The van der Waals surface area contributed by atoms with Crippen molar-refractivity contribution in [3.05, 3.63) is 61.2 Å². The van der Waals surface area contributed by atoms with Gasteiger partial charge in [0, 0.05) is 17.8 Å². The Labute approximate surface area is 236 Å². The van der Waals surface area contributed by atoms with Crippen LogP contribution < -0.4 is 0 Å². The second-order valence-electron chi connectivity index (χ2n) is 10.9. The molecule has 8 heteroatoms. The first-order valence-electron chi connectivity index (χ1n) is 14.2. The number of rotatable bonds is 14. The van der Waals surface area contributed by atoms with Gasteiger partial charge in [0.05, 0.1) is 35.8 Å². The van der Waals surface area contributed by atoms with E-state index in [1.54, 1.807) is 28.8 Å². The average Bonchev–Trinajstić information content (AvgIpc) is 3.58. The highest BCUT2D eigenvalue weighted by Crippen LogP contribution is 2.67. The highest BCUT2D eigenvalue weighted by molar-refractivity contribution is 8.02. The summed E-state index contributed by atoms with van der Waals surface area (Å²) in [4.78, 5) is 45.8. The zero-order chi connectivity index (χ0) is 28.2. The molecule has 2 bridgehead atoms. The SMILES string of the molecule is C=CCCCOC(=O)[C@@H]1[C@@H]2CCC3(S2)C(C(=O)N(CC=C)C(C)CCC)N([C@H](CO)c2ccccc2)C(=O)[C@H]13. The quantitative estimate of drug-likeness (QED) is 0.207. The van der Waals surface area contributed by atoms with E-state index in [2.05, 4.69) is 20.1 Å². The van der Waals surface area contributed by atoms with Gasteiger partial charge >= 0.3 is 5.97 Å². The van der Waals surface area contributed by atoms with Crippen molar-refractivity contribution >= 4 is 29.5 Å². The lowest BCUT2D eigenvalue weighted by Gasteiger charge is -2.41. The summed E-state index contributed by atoms with van der Waals surface area (Å²) in [7, 11) is 0. The van der Waals surface area contributed by atoms with Crippen LogP contribution in [0.5, 0.6) is 0 Å². The number of thioether (sulfide) groups is 1. The van der Waals surface area contributed by atoms with Crippen LogP contribution in [0.15, 0.2) is 55.6 Å². The number of hydrogen-bond donors (Lipinski definition) is 1. The van der Waals surface area contributed by atoms with E-state index in [4.69, 9.17) is 4.74 Å². The van der Waals surface area contributed by atoms with Crippen molar-refractivity contribution in [2.75, 3.05) is 19.8 Å². The van der Waals surface area contributed by atoms with Crippen LogP contribution in [-0.2, 0) is 19.1 Å². The summed E-state index contributed by atoms with van der Waals surface area (Å²) in [6, 6.07) is 7.85. The van der Waals surface area contributed by atoms with Crippen molar-refractivity contribution in [3.63, 3.8) is 0 Å². The van der Waals surface area contributed by atoms with Gasteiger partial charge in [0.25, 0.3) is 0 Å². The van der Waals surface area contributed by atoms with Gasteiger partial charge in [-0.15, -0.1) is 24.9 Å². The van der Waals surface area contributed by atoms with Crippen molar-refractivity contribution in [2.45, 2.75) is 80.5 Å². The molecule has 2 amide bonds. The lowest BCUT2D eigenvalue weighted by atomic mass is 9.71. The van der Waals surface area contributed by atoms with E-state index < -0.39 is 28.7 Å². The molecule has 1 aromatic carbocycles. The van der Waals surface area contributed by atoms with Crippen molar-refractivity contribution in [1.82, 2.24) is 9.80 Å². The van der Waals surface area contributed by atoms with E-state index in [0.717, 1.165) is 31.2 Å². The number of allylic oxidation sites excluding steroid dienone is 1. The molecule has 0 saturated carbocycles. The Morgan fingerprint density at radius 3 is 2.67 bits per heavy atom. The van der Waals surface area contributed by atoms with Crippen LogP contribution in [0.1, 0.15) is 64.0 Å². The van der Waals surface area contributed by atoms with Gasteiger partial charge in [-0.25, -0.2) is 0 Å². The Bertz CT molecular complexity index is 1060. The number of carbonyl (C=O) groups excluding carboxylic acids is 3. The molecule has 1 aromatic rings. The van der Waals surface area contributed by atoms with Crippen LogP contribution >= 0.6 is 11.8 Å². The Morgan fingerprint density at radius 2 is 2.03 bits per heavy atom. The van der Waals surface area contributed by atoms with E-state index in [-0.39, 0.29) is 42.3 Å². The number of nitrogens with zero attached hydrogens (tertiary/aromatic N) is 2. The van der Waals surface area contributed by atoms with Crippen LogP contribution in [0.25, 0.3) is 0 Å². The summed E-state index contributed by atoms with van der Waals surface area (Å²) < 4.78 is 4.92. The minimum atomic E-state index is -0.792.